The molecule has 0 heterocycles. The molecule has 1 aromatic rings. The number of primary amides is 1. The second-order valence-electron chi connectivity index (χ2n) is 7.38. The molecule has 0 aliphatic heterocycles. The van der Waals surface area contributed by atoms with Crippen LogP contribution in [0.5, 0.6) is 0 Å². The molecule has 0 saturated heterocycles. The van der Waals surface area contributed by atoms with Gasteiger partial charge < -0.3 is 21.7 Å². The van der Waals surface area contributed by atoms with E-state index in [4.69, 9.17) is 5.73 Å². The number of hydrogen-bond acceptors (Lipinski definition) is 4. The number of rotatable bonds is 8. The standard InChI is InChI=1S/C19H28N4O4/c1-12(16(20)25)22-15(24)11-21-17(26)14(23-18(27)19(2,3)4)10-13-8-6-5-7-9-13/h5-9,12,14H,10-11H2,1-4H3,(H2,20,25)(H,21,26)(H,22,24)(H,23,27)/t12-,14+/m0/s1. The number of hydrogen-bond donors (Lipinski definition) is 4. The molecule has 1 aromatic carbocycles. The highest BCUT2D eigenvalue weighted by Gasteiger charge is 2.28. The van der Waals surface area contributed by atoms with Crippen molar-refractivity contribution < 1.29 is 19.2 Å². The number of amides is 4. The Hall–Kier alpha value is -2.90. The lowest BCUT2D eigenvalue weighted by atomic mass is 9.94. The largest absolute Gasteiger partial charge is 0.368 e. The van der Waals surface area contributed by atoms with Gasteiger partial charge in [-0.25, -0.2) is 0 Å². The van der Waals surface area contributed by atoms with Gasteiger partial charge in [0.1, 0.15) is 12.1 Å². The number of nitrogens with two attached hydrogens (primary N) is 1. The van der Waals surface area contributed by atoms with Gasteiger partial charge in [-0.15, -0.1) is 0 Å². The molecule has 1 rings (SSSR count). The first-order valence-corrected chi connectivity index (χ1v) is 8.72. The van der Waals surface area contributed by atoms with Crippen LogP contribution in [0.15, 0.2) is 30.3 Å². The Morgan fingerprint density at radius 2 is 1.63 bits per heavy atom. The Balaban J connectivity index is 2.76. The molecule has 0 aliphatic rings. The van der Waals surface area contributed by atoms with E-state index in [0.717, 1.165) is 5.56 Å². The maximum absolute atomic E-state index is 12.5. The Bertz CT molecular complexity index is 683. The summed E-state index contributed by atoms with van der Waals surface area (Å²) in [7, 11) is 0. The summed E-state index contributed by atoms with van der Waals surface area (Å²) in [6.45, 7) is 6.37. The summed E-state index contributed by atoms with van der Waals surface area (Å²) in [5, 5.41) is 7.59. The van der Waals surface area contributed by atoms with Crippen molar-refractivity contribution >= 4 is 23.6 Å². The minimum atomic E-state index is -0.838. The minimum absolute atomic E-state index is 0.273. The van der Waals surface area contributed by atoms with Gasteiger partial charge >= 0.3 is 0 Å². The third kappa shape index (κ3) is 7.89. The summed E-state index contributed by atoms with van der Waals surface area (Å²) in [6, 6.07) is 7.57. The van der Waals surface area contributed by atoms with Gasteiger partial charge in [-0.2, -0.15) is 0 Å². The van der Waals surface area contributed by atoms with E-state index in [1.807, 2.05) is 30.3 Å². The van der Waals surface area contributed by atoms with Crippen LogP contribution in [-0.4, -0.2) is 42.3 Å². The average Bonchev–Trinajstić information content (AvgIpc) is 2.58. The molecule has 0 fully saturated rings. The van der Waals surface area contributed by atoms with E-state index in [1.54, 1.807) is 20.8 Å². The van der Waals surface area contributed by atoms with Crippen molar-refractivity contribution in [3.8, 4) is 0 Å². The van der Waals surface area contributed by atoms with Crippen LogP contribution in [0.1, 0.15) is 33.3 Å². The predicted molar refractivity (Wildman–Crippen MR) is 101 cm³/mol. The molecule has 0 spiro atoms. The zero-order valence-corrected chi connectivity index (χ0v) is 16.2. The first-order chi connectivity index (χ1) is 12.5. The molecule has 0 radical (unpaired) electrons. The molecule has 5 N–H and O–H groups in total. The molecule has 0 aromatic heterocycles. The van der Waals surface area contributed by atoms with E-state index in [9.17, 15) is 19.2 Å². The molecule has 0 aliphatic carbocycles. The third-order valence-corrected chi connectivity index (χ3v) is 3.81. The Kier molecular flexibility index (Phi) is 7.96. The summed E-state index contributed by atoms with van der Waals surface area (Å²) < 4.78 is 0. The maximum Gasteiger partial charge on any atom is 0.243 e. The zero-order chi connectivity index (χ0) is 20.6. The third-order valence-electron chi connectivity index (χ3n) is 3.81. The average molecular weight is 376 g/mol. The number of carbonyl (C=O) groups is 4. The van der Waals surface area contributed by atoms with Gasteiger partial charge in [0, 0.05) is 11.8 Å². The highest BCUT2D eigenvalue weighted by atomic mass is 16.2. The second-order valence-corrected chi connectivity index (χ2v) is 7.38. The van der Waals surface area contributed by atoms with E-state index in [1.165, 1.54) is 6.92 Å². The van der Waals surface area contributed by atoms with Crippen molar-refractivity contribution in [2.45, 2.75) is 46.2 Å². The lowest BCUT2D eigenvalue weighted by Gasteiger charge is -2.24. The van der Waals surface area contributed by atoms with Crippen molar-refractivity contribution in [3.05, 3.63) is 35.9 Å². The van der Waals surface area contributed by atoms with Crippen LogP contribution in [0.25, 0.3) is 0 Å². The summed E-state index contributed by atoms with van der Waals surface area (Å²) >= 11 is 0. The van der Waals surface area contributed by atoms with Crippen LogP contribution in [0, 0.1) is 5.41 Å². The molecule has 148 valence electrons. The Labute approximate surface area is 159 Å². The van der Waals surface area contributed by atoms with E-state index >= 15 is 0 Å². The van der Waals surface area contributed by atoms with Crippen LogP contribution < -0.4 is 21.7 Å². The van der Waals surface area contributed by atoms with Crippen molar-refractivity contribution in [1.29, 1.82) is 0 Å². The molecule has 0 bridgehead atoms. The van der Waals surface area contributed by atoms with E-state index in [-0.39, 0.29) is 18.9 Å². The molecule has 0 saturated carbocycles. The van der Waals surface area contributed by atoms with Crippen molar-refractivity contribution in [3.63, 3.8) is 0 Å². The quantitative estimate of drug-likeness (QED) is 0.503. The summed E-state index contributed by atoms with van der Waals surface area (Å²) in [4.78, 5) is 47.6. The van der Waals surface area contributed by atoms with Crippen LogP contribution in [0.3, 0.4) is 0 Å². The maximum atomic E-state index is 12.5. The van der Waals surface area contributed by atoms with Gasteiger partial charge in [-0.1, -0.05) is 51.1 Å². The molecule has 8 heteroatoms. The van der Waals surface area contributed by atoms with Crippen LogP contribution >= 0.6 is 0 Å². The number of benzene rings is 1. The van der Waals surface area contributed by atoms with Gasteiger partial charge in [0.2, 0.25) is 23.6 Å². The minimum Gasteiger partial charge on any atom is -0.368 e. The monoisotopic (exact) mass is 376 g/mol. The van der Waals surface area contributed by atoms with E-state index < -0.39 is 35.2 Å². The van der Waals surface area contributed by atoms with Gasteiger partial charge in [0.25, 0.3) is 0 Å². The fraction of sp³-hybridized carbons (Fsp3) is 0.474. The molecule has 0 unspecified atom stereocenters. The summed E-state index contributed by atoms with van der Waals surface area (Å²) in [5.74, 6) is -1.98. The van der Waals surface area contributed by atoms with Crippen molar-refractivity contribution in [1.82, 2.24) is 16.0 Å². The summed E-state index contributed by atoms with van der Waals surface area (Å²) in [6.07, 6.45) is 0.286. The van der Waals surface area contributed by atoms with Gasteiger partial charge in [0.15, 0.2) is 0 Å². The molecular formula is C19H28N4O4. The lowest BCUT2D eigenvalue weighted by Crippen LogP contribution is -2.53. The highest BCUT2D eigenvalue weighted by molar-refractivity contribution is 5.93. The van der Waals surface area contributed by atoms with E-state index in [2.05, 4.69) is 16.0 Å². The lowest BCUT2D eigenvalue weighted by molar-refractivity contribution is -0.134. The van der Waals surface area contributed by atoms with E-state index in [0.29, 0.717) is 0 Å². The van der Waals surface area contributed by atoms with Gasteiger partial charge in [-0.3, -0.25) is 19.2 Å². The normalized spacial score (nSPS) is 13.2. The Morgan fingerprint density at radius 3 is 2.15 bits per heavy atom. The van der Waals surface area contributed by atoms with Crippen LogP contribution in [-0.2, 0) is 25.6 Å². The highest BCUT2D eigenvalue weighted by Crippen LogP contribution is 2.14. The van der Waals surface area contributed by atoms with Gasteiger partial charge in [-0.05, 0) is 12.5 Å². The second kappa shape index (κ2) is 9.70. The molecule has 2 atom stereocenters. The molecular weight excluding hydrogens is 348 g/mol. The van der Waals surface area contributed by atoms with Crippen LogP contribution in [0.2, 0.25) is 0 Å². The Morgan fingerprint density at radius 1 is 1.04 bits per heavy atom. The zero-order valence-electron chi connectivity index (χ0n) is 16.2. The van der Waals surface area contributed by atoms with Crippen LogP contribution in [0.4, 0.5) is 0 Å². The first-order valence-electron chi connectivity index (χ1n) is 8.72. The van der Waals surface area contributed by atoms with Crippen molar-refractivity contribution in [2.24, 2.45) is 11.1 Å². The van der Waals surface area contributed by atoms with Gasteiger partial charge in [0.05, 0.1) is 6.54 Å². The molecule has 8 nitrogen and oxygen atoms in total. The topological polar surface area (TPSA) is 130 Å². The fourth-order valence-corrected chi connectivity index (χ4v) is 2.09. The fourth-order valence-electron chi connectivity index (χ4n) is 2.09. The molecule has 27 heavy (non-hydrogen) atoms. The number of carbonyl (C=O) groups excluding carboxylic acids is 4. The predicted octanol–water partition coefficient (Wildman–Crippen LogP) is -0.134. The van der Waals surface area contributed by atoms with Crippen molar-refractivity contribution in [2.75, 3.05) is 6.54 Å². The molecule has 4 amide bonds. The first kappa shape index (κ1) is 22.1. The smallest absolute Gasteiger partial charge is 0.243 e. The SMILES string of the molecule is C[C@H](NC(=O)CNC(=O)[C@@H](Cc1ccccc1)NC(=O)C(C)(C)C)C(N)=O. The number of nitrogens with one attached hydrogen (secondary N) is 3. The summed E-state index contributed by atoms with van der Waals surface area (Å²) in [5.41, 5.74) is 5.29.